The summed E-state index contributed by atoms with van der Waals surface area (Å²) in [6.07, 6.45) is -4.47. The van der Waals surface area contributed by atoms with Crippen molar-refractivity contribution in [1.29, 1.82) is 0 Å². The smallest absolute Gasteiger partial charge is 0.406 e. The quantitative estimate of drug-likeness (QED) is 0.792. The zero-order valence-corrected chi connectivity index (χ0v) is 10.8. The summed E-state index contributed by atoms with van der Waals surface area (Å²) in [7, 11) is 0. The van der Waals surface area contributed by atoms with Crippen LogP contribution in [0, 0.1) is 0 Å². The van der Waals surface area contributed by atoms with Crippen molar-refractivity contribution in [2.75, 3.05) is 19.0 Å². The molecule has 1 amide bonds. The third-order valence-electron chi connectivity index (χ3n) is 1.80. The number of carbonyl (C=O) groups is 1. The summed E-state index contributed by atoms with van der Waals surface area (Å²) in [6, 6.07) is 2.73. The molecule has 1 aromatic heterocycles. The maximum absolute atomic E-state index is 12.2. The molecule has 0 saturated carbocycles. The number of amides is 1. The van der Waals surface area contributed by atoms with Crippen molar-refractivity contribution in [2.24, 2.45) is 0 Å². The second kappa shape index (κ2) is 5.77. The molecule has 0 N–H and O–H groups in total. The third kappa shape index (κ3) is 4.59. The van der Waals surface area contributed by atoms with E-state index in [4.69, 9.17) is 16.0 Å². The van der Waals surface area contributed by atoms with Gasteiger partial charge in [0.05, 0.1) is 0 Å². The first-order valence-corrected chi connectivity index (χ1v) is 5.83. The van der Waals surface area contributed by atoms with Crippen LogP contribution in [-0.2, 0) is 0 Å². The maximum Gasteiger partial charge on any atom is 0.406 e. The molecule has 0 aliphatic carbocycles. The van der Waals surface area contributed by atoms with Crippen LogP contribution in [0.5, 0.6) is 0 Å². The molecule has 17 heavy (non-hydrogen) atoms. The highest BCUT2D eigenvalue weighted by atomic mass is 79.9. The Labute approximate surface area is 109 Å². The Hall–Kier alpha value is -0.690. The summed E-state index contributed by atoms with van der Waals surface area (Å²) < 4.78 is 41.9. The molecule has 0 aliphatic rings. The topological polar surface area (TPSA) is 33.5 Å². The van der Waals surface area contributed by atoms with E-state index in [1.54, 1.807) is 0 Å². The molecule has 3 nitrogen and oxygen atoms in total. The van der Waals surface area contributed by atoms with Crippen LogP contribution in [0.4, 0.5) is 13.2 Å². The Bertz CT molecular complexity index is 394. The Balaban J connectivity index is 2.80. The summed E-state index contributed by atoms with van der Waals surface area (Å²) in [4.78, 5) is 12.3. The predicted octanol–water partition coefficient (Wildman–Crippen LogP) is 3.29. The summed E-state index contributed by atoms with van der Waals surface area (Å²) in [5.41, 5.74) is 0. The number of hydrogen-bond acceptors (Lipinski definition) is 2. The van der Waals surface area contributed by atoms with Crippen molar-refractivity contribution >= 4 is 33.4 Å². The molecule has 0 unspecified atom stereocenters. The standard InChI is InChI=1S/C9H8BrClF3NO2/c10-7-2-1-6(17-7)8(16)15(4-3-11)5-9(12,13)14/h1-2H,3-5H2. The van der Waals surface area contributed by atoms with Gasteiger partial charge in [0.25, 0.3) is 5.91 Å². The van der Waals surface area contributed by atoms with Gasteiger partial charge in [0.1, 0.15) is 6.54 Å². The van der Waals surface area contributed by atoms with Crippen LogP contribution in [0.3, 0.4) is 0 Å². The van der Waals surface area contributed by atoms with Crippen LogP contribution in [-0.4, -0.2) is 36.0 Å². The molecule has 0 radical (unpaired) electrons. The molecule has 96 valence electrons. The van der Waals surface area contributed by atoms with Gasteiger partial charge in [0, 0.05) is 12.4 Å². The Morgan fingerprint density at radius 1 is 1.47 bits per heavy atom. The van der Waals surface area contributed by atoms with E-state index in [-0.39, 0.29) is 22.9 Å². The highest BCUT2D eigenvalue weighted by Crippen LogP contribution is 2.20. The molecule has 0 atom stereocenters. The number of nitrogens with zero attached hydrogens (tertiary/aromatic N) is 1. The van der Waals surface area contributed by atoms with Gasteiger partial charge in [-0.1, -0.05) is 0 Å². The number of rotatable bonds is 4. The van der Waals surface area contributed by atoms with Crippen LogP contribution in [0.1, 0.15) is 10.6 Å². The van der Waals surface area contributed by atoms with Crippen LogP contribution >= 0.6 is 27.5 Å². The van der Waals surface area contributed by atoms with Gasteiger partial charge >= 0.3 is 6.18 Å². The van der Waals surface area contributed by atoms with E-state index in [0.717, 1.165) is 0 Å². The van der Waals surface area contributed by atoms with Crippen LogP contribution in [0.25, 0.3) is 0 Å². The van der Waals surface area contributed by atoms with Crippen LogP contribution in [0.2, 0.25) is 0 Å². The van der Waals surface area contributed by atoms with E-state index < -0.39 is 18.6 Å². The number of carbonyl (C=O) groups excluding carboxylic acids is 1. The monoisotopic (exact) mass is 333 g/mol. The summed E-state index contributed by atoms with van der Waals surface area (Å²) in [6.45, 7) is -1.55. The van der Waals surface area contributed by atoms with Gasteiger partial charge in [-0.05, 0) is 28.1 Å². The fourth-order valence-corrected chi connectivity index (χ4v) is 1.67. The van der Waals surface area contributed by atoms with Crippen molar-refractivity contribution in [3.8, 4) is 0 Å². The number of halogens is 5. The molecule has 8 heteroatoms. The molecule has 0 spiro atoms. The number of hydrogen-bond donors (Lipinski definition) is 0. The van der Waals surface area contributed by atoms with Crippen molar-refractivity contribution in [3.05, 3.63) is 22.6 Å². The maximum atomic E-state index is 12.2. The van der Waals surface area contributed by atoms with E-state index in [2.05, 4.69) is 15.9 Å². The van der Waals surface area contributed by atoms with Crippen molar-refractivity contribution in [1.82, 2.24) is 4.90 Å². The second-order valence-corrected chi connectivity index (χ2v) is 4.29. The predicted molar refractivity (Wildman–Crippen MR) is 59.1 cm³/mol. The van der Waals surface area contributed by atoms with Crippen molar-refractivity contribution < 1.29 is 22.4 Å². The molecule has 1 aromatic rings. The van der Waals surface area contributed by atoms with Gasteiger partial charge in [-0.2, -0.15) is 13.2 Å². The second-order valence-electron chi connectivity index (χ2n) is 3.13. The zero-order chi connectivity index (χ0) is 13.1. The number of furan rings is 1. The minimum absolute atomic E-state index is 0.0797. The fraction of sp³-hybridized carbons (Fsp3) is 0.444. The first kappa shape index (κ1) is 14.4. The largest absolute Gasteiger partial charge is 0.444 e. The Morgan fingerprint density at radius 2 is 2.12 bits per heavy atom. The number of alkyl halides is 4. The van der Waals surface area contributed by atoms with E-state index in [0.29, 0.717) is 4.90 Å². The van der Waals surface area contributed by atoms with Gasteiger partial charge in [-0.15, -0.1) is 11.6 Å². The van der Waals surface area contributed by atoms with Crippen LogP contribution in [0.15, 0.2) is 21.2 Å². The van der Waals surface area contributed by atoms with Gasteiger partial charge in [0.15, 0.2) is 10.4 Å². The molecular weight excluding hydrogens is 326 g/mol. The molecule has 0 fully saturated rings. The lowest BCUT2D eigenvalue weighted by Crippen LogP contribution is -2.40. The highest BCUT2D eigenvalue weighted by Gasteiger charge is 2.33. The lowest BCUT2D eigenvalue weighted by atomic mass is 10.3. The first-order valence-electron chi connectivity index (χ1n) is 4.51. The van der Waals surface area contributed by atoms with E-state index in [1.165, 1.54) is 12.1 Å². The summed E-state index contributed by atoms with van der Waals surface area (Å²) in [5.74, 6) is -1.08. The highest BCUT2D eigenvalue weighted by molar-refractivity contribution is 9.10. The fourth-order valence-electron chi connectivity index (χ4n) is 1.16. The minimum atomic E-state index is -4.47. The van der Waals surface area contributed by atoms with Gasteiger partial charge in [-0.3, -0.25) is 4.79 Å². The van der Waals surface area contributed by atoms with Crippen molar-refractivity contribution in [3.63, 3.8) is 0 Å². The minimum Gasteiger partial charge on any atom is -0.444 e. The summed E-state index contributed by atoms with van der Waals surface area (Å²) >= 11 is 8.33. The SMILES string of the molecule is O=C(c1ccc(Br)o1)N(CCCl)CC(F)(F)F. The normalized spacial score (nSPS) is 11.6. The molecule has 0 saturated heterocycles. The first-order chi connectivity index (χ1) is 7.83. The molecule has 1 heterocycles. The van der Waals surface area contributed by atoms with E-state index in [1.807, 2.05) is 0 Å². The lowest BCUT2D eigenvalue weighted by Gasteiger charge is -2.21. The molecule has 0 bridgehead atoms. The summed E-state index contributed by atoms with van der Waals surface area (Å²) in [5, 5.41) is 0. The Kier molecular flexibility index (Phi) is 4.88. The average Bonchev–Trinajstić information content (AvgIpc) is 2.61. The lowest BCUT2D eigenvalue weighted by molar-refractivity contribution is -0.140. The molecular formula is C9H8BrClF3NO2. The Morgan fingerprint density at radius 3 is 2.53 bits per heavy atom. The zero-order valence-electron chi connectivity index (χ0n) is 8.43. The molecule has 1 rings (SSSR count). The molecule has 0 aromatic carbocycles. The average molecular weight is 335 g/mol. The molecule has 0 aliphatic heterocycles. The van der Waals surface area contributed by atoms with E-state index in [9.17, 15) is 18.0 Å². The van der Waals surface area contributed by atoms with E-state index >= 15 is 0 Å². The van der Waals surface area contributed by atoms with Crippen LogP contribution < -0.4 is 0 Å². The van der Waals surface area contributed by atoms with Gasteiger partial charge in [0.2, 0.25) is 0 Å². The van der Waals surface area contributed by atoms with Gasteiger partial charge in [-0.25, -0.2) is 0 Å². The van der Waals surface area contributed by atoms with Gasteiger partial charge < -0.3 is 9.32 Å². The van der Waals surface area contributed by atoms with Crippen molar-refractivity contribution in [2.45, 2.75) is 6.18 Å². The third-order valence-corrected chi connectivity index (χ3v) is 2.39.